The molecule has 0 amide bonds. The SMILES string of the molecule is COC(C)(C)CC(=O)Cc1ccc(F)cc1. The molecule has 3 heteroatoms. The van der Waals surface area contributed by atoms with Gasteiger partial charge in [0.2, 0.25) is 0 Å². The van der Waals surface area contributed by atoms with Crippen LogP contribution in [0.25, 0.3) is 0 Å². The quantitative estimate of drug-likeness (QED) is 0.768. The summed E-state index contributed by atoms with van der Waals surface area (Å²) in [6.45, 7) is 3.74. The summed E-state index contributed by atoms with van der Waals surface area (Å²) < 4.78 is 17.8. The summed E-state index contributed by atoms with van der Waals surface area (Å²) in [7, 11) is 1.59. The van der Waals surface area contributed by atoms with Crippen molar-refractivity contribution >= 4 is 5.78 Å². The highest BCUT2D eigenvalue weighted by molar-refractivity contribution is 5.81. The number of rotatable bonds is 5. The summed E-state index contributed by atoms with van der Waals surface area (Å²) in [6, 6.07) is 5.99. The highest BCUT2D eigenvalue weighted by Crippen LogP contribution is 2.15. The first-order chi connectivity index (χ1) is 7.43. The Morgan fingerprint density at radius 2 is 1.88 bits per heavy atom. The van der Waals surface area contributed by atoms with Crippen LogP contribution in [0, 0.1) is 5.82 Å². The second-order valence-corrected chi connectivity index (χ2v) is 4.48. The molecule has 16 heavy (non-hydrogen) atoms. The zero-order chi connectivity index (χ0) is 12.2. The van der Waals surface area contributed by atoms with Gasteiger partial charge in [-0.2, -0.15) is 0 Å². The van der Waals surface area contributed by atoms with E-state index >= 15 is 0 Å². The Hall–Kier alpha value is -1.22. The van der Waals surface area contributed by atoms with E-state index in [2.05, 4.69) is 0 Å². The van der Waals surface area contributed by atoms with Crippen LogP contribution in [0.2, 0.25) is 0 Å². The summed E-state index contributed by atoms with van der Waals surface area (Å²) in [6.07, 6.45) is 0.688. The van der Waals surface area contributed by atoms with Gasteiger partial charge >= 0.3 is 0 Å². The molecule has 0 aromatic heterocycles. The zero-order valence-corrected chi connectivity index (χ0v) is 9.92. The van der Waals surface area contributed by atoms with E-state index in [0.29, 0.717) is 12.8 Å². The Morgan fingerprint density at radius 1 is 1.31 bits per heavy atom. The van der Waals surface area contributed by atoms with Crippen molar-refractivity contribution in [2.45, 2.75) is 32.3 Å². The topological polar surface area (TPSA) is 26.3 Å². The van der Waals surface area contributed by atoms with Crippen molar-refractivity contribution in [1.29, 1.82) is 0 Å². The number of hydrogen-bond acceptors (Lipinski definition) is 2. The van der Waals surface area contributed by atoms with Gasteiger partial charge < -0.3 is 4.74 Å². The second-order valence-electron chi connectivity index (χ2n) is 4.48. The number of benzene rings is 1. The van der Waals surface area contributed by atoms with E-state index in [9.17, 15) is 9.18 Å². The molecule has 1 aromatic rings. The lowest BCUT2D eigenvalue weighted by molar-refractivity contribution is -0.123. The first-order valence-electron chi connectivity index (χ1n) is 5.24. The van der Waals surface area contributed by atoms with E-state index < -0.39 is 5.60 Å². The van der Waals surface area contributed by atoms with Crippen molar-refractivity contribution < 1.29 is 13.9 Å². The molecule has 0 N–H and O–H groups in total. The first kappa shape index (κ1) is 12.8. The highest BCUT2D eigenvalue weighted by atomic mass is 19.1. The highest BCUT2D eigenvalue weighted by Gasteiger charge is 2.20. The Bertz CT molecular complexity index is 355. The van der Waals surface area contributed by atoms with E-state index in [4.69, 9.17) is 4.74 Å². The predicted octanol–water partition coefficient (Wildman–Crippen LogP) is 2.75. The lowest BCUT2D eigenvalue weighted by Gasteiger charge is -2.21. The molecule has 1 aromatic carbocycles. The standard InChI is InChI=1S/C13H17FO2/c1-13(2,16-3)9-12(15)8-10-4-6-11(14)7-5-10/h4-7H,8-9H2,1-3H3. The molecular weight excluding hydrogens is 207 g/mol. The average Bonchev–Trinajstić information content (AvgIpc) is 2.21. The van der Waals surface area contributed by atoms with Crippen LogP contribution in [-0.2, 0) is 16.0 Å². The lowest BCUT2D eigenvalue weighted by Crippen LogP contribution is -2.27. The van der Waals surface area contributed by atoms with Gasteiger partial charge in [0.05, 0.1) is 5.60 Å². The fraction of sp³-hybridized carbons (Fsp3) is 0.462. The minimum absolute atomic E-state index is 0.0958. The van der Waals surface area contributed by atoms with E-state index in [1.165, 1.54) is 12.1 Å². The fourth-order valence-corrected chi connectivity index (χ4v) is 1.44. The van der Waals surface area contributed by atoms with Crippen molar-refractivity contribution in [3.63, 3.8) is 0 Å². The van der Waals surface area contributed by atoms with E-state index in [1.54, 1.807) is 19.2 Å². The Labute approximate surface area is 95.4 Å². The molecule has 0 radical (unpaired) electrons. The number of hydrogen-bond donors (Lipinski definition) is 0. The molecule has 2 nitrogen and oxygen atoms in total. The molecule has 88 valence electrons. The minimum Gasteiger partial charge on any atom is -0.378 e. The van der Waals surface area contributed by atoms with Gasteiger partial charge in [-0.15, -0.1) is 0 Å². The molecule has 0 atom stereocenters. The van der Waals surface area contributed by atoms with Crippen molar-refractivity contribution in [2.75, 3.05) is 7.11 Å². The second kappa shape index (κ2) is 5.21. The van der Waals surface area contributed by atoms with Gasteiger partial charge in [-0.1, -0.05) is 12.1 Å². The van der Waals surface area contributed by atoms with Crippen molar-refractivity contribution in [3.05, 3.63) is 35.6 Å². The predicted molar refractivity (Wildman–Crippen MR) is 60.8 cm³/mol. The van der Waals surface area contributed by atoms with E-state index in [-0.39, 0.29) is 11.6 Å². The molecule has 0 aliphatic carbocycles. The van der Waals surface area contributed by atoms with Crippen LogP contribution in [0.5, 0.6) is 0 Å². The van der Waals surface area contributed by atoms with Gasteiger partial charge in [-0.05, 0) is 31.5 Å². The number of ether oxygens (including phenoxy) is 1. The van der Waals surface area contributed by atoms with Crippen LogP contribution in [0.1, 0.15) is 25.8 Å². The average molecular weight is 224 g/mol. The van der Waals surface area contributed by atoms with Crippen LogP contribution in [0.3, 0.4) is 0 Å². The number of methoxy groups -OCH3 is 1. The summed E-state index contributed by atoms with van der Waals surface area (Å²) in [5.41, 5.74) is 0.398. The third-order valence-corrected chi connectivity index (χ3v) is 2.49. The maximum atomic E-state index is 12.6. The van der Waals surface area contributed by atoms with Gasteiger partial charge in [-0.3, -0.25) is 4.79 Å². The van der Waals surface area contributed by atoms with Crippen molar-refractivity contribution in [1.82, 2.24) is 0 Å². The zero-order valence-electron chi connectivity index (χ0n) is 9.92. The normalized spacial score (nSPS) is 11.5. The molecule has 0 heterocycles. The van der Waals surface area contributed by atoms with E-state index in [0.717, 1.165) is 5.56 Å². The largest absolute Gasteiger partial charge is 0.378 e. The third-order valence-electron chi connectivity index (χ3n) is 2.49. The van der Waals surface area contributed by atoms with Crippen LogP contribution >= 0.6 is 0 Å². The Balaban J connectivity index is 2.55. The molecule has 0 saturated heterocycles. The maximum absolute atomic E-state index is 12.6. The van der Waals surface area contributed by atoms with Gasteiger partial charge in [0.25, 0.3) is 0 Å². The molecule has 0 aliphatic rings. The maximum Gasteiger partial charge on any atom is 0.140 e. The number of Topliss-reactive ketones (excluding diaryl/α,β-unsaturated/α-hetero) is 1. The monoisotopic (exact) mass is 224 g/mol. The van der Waals surface area contributed by atoms with Gasteiger partial charge in [-0.25, -0.2) is 4.39 Å². The Morgan fingerprint density at radius 3 is 2.38 bits per heavy atom. The van der Waals surface area contributed by atoms with Crippen LogP contribution in [-0.4, -0.2) is 18.5 Å². The van der Waals surface area contributed by atoms with Crippen LogP contribution < -0.4 is 0 Å². The molecule has 0 aliphatic heterocycles. The first-order valence-corrected chi connectivity index (χ1v) is 5.24. The summed E-state index contributed by atoms with van der Waals surface area (Å²) in [4.78, 5) is 11.7. The number of carbonyl (C=O) groups is 1. The summed E-state index contributed by atoms with van der Waals surface area (Å²) >= 11 is 0. The molecular formula is C13H17FO2. The molecule has 0 spiro atoms. The fourth-order valence-electron chi connectivity index (χ4n) is 1.44. The van der Waals surface area contributed by atoms with Gasteiger partial charge in [0.1, 0.15) is 11.6 Å². The third kappa shape index (κ3) is 4.11. The Kier molecular flexibility index (Phi) is 4.19. The van der Waals surface area contributed by atoms with Crippen LogP contribution in [0.15, 0.2) is 24.3 Å². The lowest BCUT2D eigenvalue weighted by atomic mass is 9.97. The number of carbonyl (C=O) groups excluding carboxylic acids is 1. The number of ketones is 1. The van der Waals surface area contributed by atoms with Gasteiger partial charge in [0.15, 0.2) is 0 Å². The summed E-state index contributed by atoms with van der Waals surface area (Å²) in [5.74, 6) is -0.188. The molecule has 1 rings (SSSR count). The number of halogens is 1. The molecule has 0 saturated carbocycles. The van der Waals surface area contributed by atoms with Crippen LogP contribution in [0.4, 0.5) is 4.39 Å². The molecule has 0 bridgehead atoms. The molecule has 0 fully saturated rings. The van der Waals surface area contributed by atoms with Crippen molar-refractivity contribution in [2.24, 2.45) is 0 Å². The minimum atomic E-state index is -0.433. The van der Waals surface area contributed by atoms with Crippen molar-refractivity contribution in [3.8, 4) is 0 Å². The smallest absolute Gasteiger partial charge is 0.140 e. The van der Waals surface area contributed by atoms with E-state index in [1.807, 2.05) is 13.8 Å². The molecule has 0 unspecified atom stereocenters. The van der Waals surface area contributed by atoms with Gasteiger partial charge in [0, 0.05) is 20.0 Å². The summed E-state index contributed by atoms with van der Waals surface area (Å²) in [5, 5.41) is 0.